The first kappa shape index (κ1) is 8.71. The third-order valence-electron chi connectivity index (χ3n) is 1.91. The number of hydrogen-bond acceptors (Lipinski definition) is 2. The van der Waals surface area contributed by atoms with Gasteiger partial charge in [0.15, 0.2) is 0 Å². The lowest BCUT2D eigenvalue weighted by Gasteiger charge is -2.08. The fraction of sp³-hybridized carbons (Fsp3) is 0.333. The molecule has 0 spiro atoms. The van der Waals surface area contributed by atoms with Crippen molar-refractivity contribution >= 4 is 11.5 Å². The number of hydrogen-bond donors (Lipinski definition) is 2. The molecule has 0 radical (unpaired) electrons. The quantitative estimate of drug-likeness (QED) is 0.533. The van der Waals surface area contributed by atoms with Gasteiger partial charge in [-0.15, -0.1) is 0 Å². The molecule has 3 nitrogen and oxygen atoms in total. The van der Waals surface area contributed by atoms with Crippen LogP contribution in [0.2, 0.25) is 0 Å². The standard InChI is InChI=1S/C9H12N2O/c1-6(12)9(11)7-4-2-3-5-8(7)10/h3,5,11H,2,4,10H2,1H3/p+1. The fourth-order valence-corrected chi connectivity index (χ4v) is 1.19. The molecule has 0 amide bonds. The van der Waals surface area contributed by atoms with E-state index >= 15 is 0 Å². The Morgan fingerprint density at radius 1 is 1.67 bits per heavy atom. The van der Waals surface area contributed by atoms with Crippen LogP contribution in [-0.4, -0.2) is 11.5 Å². The third-order valence-corrected chi connectivity index (χ3v) is 1.91. The first-order valence-corrected chi connectivity index (χ1v) is 3.92. The van der Waals surface area contributed by atoms with Gasteiger partial charge < -0.3 is 5.73 Å². The van der Waals surface area contributed by atoms with Crippen molar-refractivity contribution in [1.82, 2.24) is 0 Å². The van der Waals surface area contributed by atoms with Crippen molar-refractivity contribution in [1.29, 1.82) is 0 Å². The highest BCUT2D eigenvalue weighted by atomic mass is 16.1. The van der Waals surface area contributed by atoms with Crippen LogP contribution < -0.4 is 11.1 Å². The predicted octanol–water partition coefficient (Wildman–Crippen LogP) is -0.662. The van der Waals surface area contributed by atoms with Gasteiger partial charge in [0.2, 0.25) is 11.5 Å². The van der Waals surface area contributed by atoms with Crippen molar-refractivity contribution in [3.63, 3.8) is 0 Å². The lowest BCUT2D eigenvalue weighted by molar-refractivity contribution is -0.133. The summed E-state index contributed by atoms with van der Waals surface area (Å²) in [5.41, 5.74) is 7.38. The normalized spacial score (nSPS) is 16.4. The molecule has 64 valence electrons. The van der Waals surface area contributed by atoms with Crippen LogP contribution in [0.15, 0.2) is 23.4 Å². The summed E-state index contributed by atoms with van der Waals surface area (Å²) in [5, 5.41) is 5.58. The average molecular weight is 165 g/mol. The van der Waals surface area contributed by atoms with E-state index in [9.17, 15) is 4.79 Å². The minimum atomic E-state index is -0.108. The zero-order chi connectivity index (χ0) is 9.14. The Balaban J connectivity index is 2.93. The summed E-state index contributed by atoms with van der Waals surface area (Å²) in [6.45, 7) is 1.45. The fourth-order valence-electron chi connectivity index (χ4n) is 1.19. The van der Waals surface area contributed by atoms with Crippen LogP contribution >= 0.6 is 0 Å². The number of carbonyl (C=O) groups is 1. The summed E-state index contributed by atoms with van der Waals surface area (Å²) in [6.07, 6.45) is 5.46. The minimum absolute atomic E-state index is 0.108. The van der Waals surface area contributed by atoms with Gasteiger partial charge in [0.25, 0.3) is 0 Å². The van der Waals surface area contributed by atoms with Crippen LogP contribution in [0.4, 0.5) is 0 Å². The largest absolute Gasteiger partial charge is 0.398 e. The SMILES string of the molecule is CC(=O)C(=[NH2+])C1=C(N)C=CCC1. The van der Waals surface area contributed by atoms with Crippen LogP contribution in [0.5, 0.6) is 0 Å². The summed E-state index contributed by atoms with van der Waals surface area (Å²) in [5.74, 6) is -0.108. The molecular formula is C9H13N2O+. The Bertz CT molecular complexity index is 287. The molecule has 0 saturated heterocycles. The summed E-state index contributed by atoms with van der Waals surface area (Å²) in [4.78, 5) is 10.9. The highest BCUT2D eigenvalue weighted by Gasteiger charge is 2.19. The maximum Gasteiger partial charge on any atom is 0.245 e. The maximum absolute atomic E-state index is 10.9. The van der Waals surface area contributed by atoms with Crippen molar-refractivity contribution < 1.29 is 10.2 Å². The molecule has 0 saturated carbocycles. The van der Waals surface area contributed by atoms with E-state index in [2.05, 4.69) is 0 Å². The molecule has 0 aromatic heterocycles. The zero-order valence-corrected chi connectivity index (χ0v) is 7.13. The number of allylic oxidation sites excluding steroid dienone is 3. The van der Waals surface area contributed by atoms with Crippen molar-refractivity contribution in [2.75, 3.05) is 0 Å². The molecule has 0 aromatic carbocycles. The van der Waals surface area contributed by atoms with E-state index in [0.717, 1.165) is 18.4 Å². The van der Waals surface area contributed by atoms with Gasteiger partial charge in [-0.05, 0) is 18.9 Å². The number of rotatable bonds is 2. The molecule has 3 heteroatoms. The van der Waals surface area contributed by atoms with E-state index in [1.807, 2.05) is 6.08 Å². The summed E-state index contributed by atoms with van der Waals surface area (Å²) in [7, 11) is 0. The van der Waals surface area contributed by atoms with Crippen molar-refractivity contribution in [3.05, 3.63) is 23.4 Å². The van der Waals surface area contributed by atoms with Gasteiger partial charge in [0, 0.05) is 12.6 Å². The summed E-state index contributed by atoms with van der Waals surface area (Å²) >= 11 is 0. The maximum atomic E-state index is 10.9. The van der Waals surface area contributed by atoms with Crippen molar-refractivity contribution in [2.45, 2.75) is 19.8 Å². The lowest BCUT2D eigenvalue weighted by Crippen LogP contribution is -2.46. The van der Waals surface area contributed by atoms with E-state index < -0.39 is 0 Å². The van der Waals surface area contributed by atoms with Gasteiger partial charge in [-0.2, -0.15) is 0 Å². The van der Waals surface area contributed by atoms with Crippen LogP contribution in [0.3, 0.4) is 0 Å². The summed E-state index contributed by atoms with van der Waals surface area (Å²) < 4.78 is 0. The summed E-state index contributed by atoms with van der Waals surface area (Å²) in [6, 6.07) is 0. The van der Waals surface area contributed by atoms with Gasteiger partial charge in [0.05, 0.1) is 5.57 Å². The van der Waals surface area contributed by atoms with Gasteiger partial charge in [-0.3, -0.25) is 10.2 Å². The van der Waals surface area contributed by atoms with Gasteiger partial charge in [-0.25, -0.2) is 0 Å². The highest BCUT2D eigenvalue weighted by Crippen LogP contribution is 2.15. The lowest BCUT2D eigenvalue weighted by atomic mass is 9.96. The molecule has 1 rings (SSSR count). The number of Topliss-reactive ketones (excluding diaryl/α,β-unsaturated/α-hetero) is 1. The molecule has 0 aliphatic heterocycles. The predicted molar refractivity (Wildman–Crippen MR) is 47.2 cm³/mol. The molecule has 0 fully saturated rings. The first-order valence-electron chi connectivity index (χ1n) is 3.92. The molecule has 0 atom stereocenters. The molecule has 0 heterocycles. The number of carbonyl (C=O) groups excluding carboxylic acids is 1. The molecular weight excluding hydrogens is 152 g/mol. The Kier molecular flexibility index (Phi) is 2.43. The Morgan fingerprint density at radius 2 is 2.33 bits per heavy atom. The smallest absolute Gasteiger partial charge is 0.245 e. The second kappa shape index (κ2) is 3.34. The van der Waals surface area contributed by atoms with Crippen LogP contribution in [-0.2, 0) is 4.79 Å². The highest BCUT2D eigenvalue weighted by molar-refractivity contribution is 6.42. The van der Waals surface area contributed by atoms with E-state index in [1.165, 1.54) is 6.92 Å². The molecule has 0 aromatic rings. The van der Waals surface area contributed by atoms with E-state index in [-0.39, 0.29) is 5.78 Å². The van der Waals surface area contributed by atoms with Gasteiger partial charge >= 0.3 is 0 Å². The Hall–Kier alpha value is -1.38. The first-order chi connectivity index (χ1) is 5.63. The van der Waals surface area contributed by atoms with Gasteiger partial charge in [-0.1, -0.05) is 6.08 Å². The van der Waals surface area contributed by atoms with E-state index in [1.54, 1.807) is 6.08 Å². The molecule has 12 heavy (non-hydrogen) atoms. The van der Waals surface area contributed by atoms with E-state index in [4.69, 9.17) is 11.1 Å². The minimum Gasteiger partial charge on any atom is -0.398 e. The second-order valence-electron chi connectivity index (χ2n) is 2.84. The molecule has 4 N–H and O–H groups in total. The van der Waals surface area contributed by atoms with Crippen molar-refractivity contribution in [2.24, 2.45) is 5.73 Å². The van der Waals surface area contributed by atoms with E-state index in [0.29, 0.717) is 11.4 Å². The monoisotopic (exact) mass is 165 g/mol. The van der Waals surface area contributed by atoms with Crippen molar-refractivity contribution in [3.8, 4) is 0 Å². The Morgan fingerprint density at radius 3 is 2.83 bits per heavy atom. The van der Waals surface area contributed by atoms with Crippen LogP contribution in [0.25, 0.3) is 0 Å². The number of nitrogens with two attached hydrogens (primary N) is 2. The average Bonchev–Trinajstić information content (AvgIpc) is 2.04. The zero-order valence-electron chi connectivity index (χ0n) is 7.13. The van der Waals surface area contributed by atoms with Gasteiger partial charge in [0.1, 0.15) is 0 Å². The number of ketones is 1. The third kappa shape index (κ3) is 1.61. The molecule has 0 bridgehead atoms. The molecule has 1 aliphatic rings. The topological polar surface area (TPSA) is 68.7 Å². The molecule has 1 aliphatic carbocycles. The van der Waals surface area contributed by atoms with Crippen LogP contribution in [0, 0.1) is 0 Å². The Labute approximate surface area is 71.5 Å². The second-order valence-corrected chi connectivity index (χ2v) is 2.84. The molecule has 0 unspecified atom stereocenters. The van der Waals surface area contributed by atoms with Crippen LogP contribution in [0.1, 0.15) is 19.8 Å².